The number of nitrogens with one attached hydrogen (secondary N) is 1. The number of H-pyrrole nitrogens is 1. The fourth-order valence-electron chi connectivity index (χ4n) is 5.17. The first kappa shape index (κ1) is 22.6. The molecule has 0 saturated carbocycles. The molecule has 0 radical (unpaired) electrons. The van der Waals surface area contributed by atoms with Gasteiger partial charge < -0.3 is 4.90 Å². The van der Waals surface area contributed by atoms with Gasteiger partial charge in [-0.1, -0.05) is 60.7 Å². The molecular weight excluding hydrogens is 422 g/mol. The fourth-order valence-corrected chi connectivity index (χ4v) is 5.17. The molecule has 6 nitrogen and oxygen atoms in total. The van der Waals surface area contributed by atoms with E-state index in [1.165, 1.54) is 11.1 Å². The summed E-state index contributed by atoms with van der Waals surface area (Å²) in [6.07, 6.45) is 3.68. The molecule has 6 heteroatoms. The number of aromatic nitrogens is 3. The van der Waals surface area contributed by atoms with Crippen molar-refractivity contribution in [2.75, 3.05) is 19.6 Å². The van der Waals surface area contributed by atoms with Gasteiger partial charge in [-0.2, -0.15) is 0 Å². The molecule has 4 aromatic rings. The number of benzene rings is 2. The summed E-state index contributed by atoms with van der Waals surface area (Å²) in [7, 11) is 0. The maximum atomic E-state index is 12.6. The number of nitrogens with zero attached hydrogens (tertiary/aromatic N) is 4. The van der Waals surface area contributed by atoms with Gasteiger partial charge in [0.25, 0.3) is 0 Å². The fraction of sp³-hybridized carbons (Fsp3) is 0.357. The molecule has 5 rings (SSSR count). The third-order valence-corrected chi connectivity index (χ3v) is 7.02. The number of aromatic amines is 1. The second-order valence-corrected chi connectivity index (χ2v) is 9.43. The first-order chi connectivity index (χ1) is 16.7. The van der Waals surface area contributed by atoms with E-state index in [1.54, 1.807) is 6.20 Å². The minimum atomic E-state index is -0.0441. The van der Waals surface area contributed by atoms with Gasteiger partial charge in [0.15, 0.2) is 5.65 Å². The molecule has 3 heterocycles. The lowest BCUT2D eigenvalue weighted by Crippen LogP contribution is -2.45. The average Bonchev–Trinajstić information content (AvgIpc) is 3.21. The first-order valence-electron chi connectivity index (χ1n) is 12.3. The van der Waals surface area contributed by atoms with Crippen LogP contribution in [0.4, 0.5) is 0 Å². The monoisotopic (exact) mass is 455 g/mol. The highest BCUT2D eigenvalue weighted by atomic mass is 16.1. The molecule has 1 fully saturated rings. The molecule has 1 aliphatic heterocycles. The number of hydrogen-bond donors (Lipinski definition) is 1. The first-order valence-corrected chi connectivity index (χ1v) is 12.3. The number of fused-ring (bicyclic) bond motifs is 1. The van der Waals surface area contributed by atoms with Gasteiger partial charge in [-0.05, 0) is 43.0 Å². The second kappa shape index (κ2) is 10.4. The molecular formula is C28H33N5O. The maximum absolute atomic E-state index is 12.6. The number of pyridine rings is 1. The highest BCUT2D eigenvalue weighted by Gasteiger charge is 2.26. The van der Waals surface area contributed by atoms with Gasteiger partial charge in [0, 0.05) is 51.0 Å². The van der Waals surface area contributed by atoms with Crippen LogP contribution in [-0.4, -0.2) is 50.0 Å². The molecule has 0 unspecified atom stereocenters. The Morgan fingerprint density at radius 2 is 1.56 bits per heavy atom. The quantitative estimate of drug-likeness (QED) is 0.426. The molecule has 1 atom stereocenters. The van der Waals surface area contributed by atoms with Crippen molar-refractivity contribution in [3.8, 4) is 0 Å². The molecule has 34 heavy (non-hydrogen) atoms. The van der Waals surface area contributed by atoms with Crippen LogP contribution in [0.3, 0.4) is 0 Å². The van der Waals surface area contributed by atoms with Crippen LogP contribution in [0.25, 0.3) is 11.2 Å². The minimum absolute atomic E-state index is 0.0441. The van der Waals surface area contributed by atoms with E-state index in [2.05, 4.69) is 87.4 Å². The summed E-state index contributed by atoms with van der Waals surface area (Å²) in [4.78, 5) is 24.9. The Morgan fingerprint density at radius 1 is 0.941 bits per heavy atom. The van der Waals surface area contributed by atoms with Crippen LogP contribution in [0.15, 0.2) is 83.8 Å². The third kappa shape index (κ3) is 5.13. The van der Waals surface area contributed by atoms with Crippen molar-refractivity contribution in [3.63, 3.8) is 0 Å². The number of rotatable bonds is 8. The van der Waals surface area contributed by atoms with E-state index in [9.17, 15) is 4.79 Å². The van der Waals surface area contributed by atoms with Crippen molar-refractivity contribution in [1.29, 1.82) is 0 Å². The van der Waals surface area contributed by atoms with Gasteiger partial charge in [-0.15, -0.1) is 0 Å². The van der Waals surface area contributed by atoms with Gasteiger partial charge in [0.2, 0.25) is 0 Å². The predicted molar refractivity (Wildman–Crippen MR) is 137 cm³/mol. The Morgan fingerprint density at radius 3 is 2.18 bits per heavy atom. The van der Waals surface area contributed by atoms with Crippen LogP contribution in [0.5, 0.6) is 0 Å². The van der Waals surface area contributed by atoms with Gasteiger partial charge in [0.1, 0.15) is 0 Å². The van der Waals surface area contributed by atoms with Crippen LogP contribution in [0, 0.1) is 0 Å². The number of hydrogen-bond acceptors (Lipinski definition) is 4. The molecule has 0 spiro atoms. The number of imidazole rings is 1. The van der Waals surface area contributed by atoms with E-state index in [4.69, 9.17) is 0 Å². The van der Waals surface area contributed by atoms with Gasteiger partial charge in [-0.25, -0.2) is 9.78 Å². The van der Waals surface area contributed by atoms with E-state index >= 15 is 0 Å². The van der Waals surface area contributed by atoms with Crippen molar-refractivity contribution >= 4 is 11.2 Å². The topological polar surface area (TPSA) is 57.2 Å². The summed E-state index contributed by atoms with van der Waals surface area (Å²) in [5, 5.41) is 0. The summed E-state index contributed by atoms with van der Waals surface area (Å²) in [5.41, 5.74) is 4.24. The van der Waals surface area contributed by atoms with Crippen molar-refractivity contribution in [1.82, 2.24) is 24.3 Å². The normalized spacial score (nSPS) is 16.3. The van der Waals surface area contributed by atoms with Crippen molar-refractivity contribution in [3.05, 3.63) is 101 Å². The van der Waals surface area contributed by atoms with Gasteiger partial charge in [0.05, 0.1) is 5.52 Å². The average molecular weight is 456 g/mol. The Kier molecular flexibility index (Phi) is 6.88. The van der Waals surface area contributed by atoms with Crippen LogP contribution in [0.1, 0.15) is 36.9 Å². The Hall–Kier alpha value is -3.22. The van der Waals surface area contributed by atoms with Crippen molar-refractivity contribution in [2.45, 2.75) is 44.9 Å². The second-order valence-electron chi connectivity index (χ2n) is 9.43. The Balaban J connectivity index is 1.24. The number of likely N-dealkylation sites (tertiary alicyclic amines) is 1. The zero-order valence-electron chi connectivity index (χ0n) is 19.8. The Bertz CT molecular complexity index is 1200. The van der Waals surface area contributed by atoms with Crippen LogP contribution in [0.2, 0.25) is 0 Å². The molecule has 1 N–H and O–H groups in total. The standard InChI is InChI=1S/C28H33N5O/c1-22(32(20-23-9-4-2-5-10-23)21-24-11-6-3-7-12-24)19-31-17-14-25(15-18-31)33-26-13-8-16-29-27(26)30-28(33)34/h2-13,16,22,25H,14-15,17-21H2,1H3,(H,29,30,34)/t22-/m0/s1. The van der Waals surface area contributed by atoms with Gasteiger partial charge >= 0.3 is 5.69 Å². The minimum Gasteiger partial charge on any atom is -0.302 e. The number of piperidine rings is 1. The van der Waals surface area contributed by atoms with Crippen LogP contribution in [-0.2, 0) is 13.1 Å². The molecule has 0 aliphatic carbocycles. The van der Waals surface area contributed by atoms with E-state index < -0.39 is 0 Å². The molecule has 0 bridgehead atoms. The molecule has 176 valence electrons. The maximum Gasteiger partial charge on any atom is 0.327 e. The molecule has 0 amide bonds. The molecule has 1 aliphatic rings. The van der Waals surface area contributed by atoms with E-state index in [1.807, 2.05) is 16.7 Å². The van der Waals surface area contributed by atoms with E-state index in [0.29, 0.717) is 11.7 Å². The lowest BCUT2D eigenvalue weighted by atomic mass is 10.0. The molecule has 2 aromatic heterocycles. The predicted octanol–water partition coefficient (Wildman–Crippen LogP) is 4.45. The molecule has 1 saturated heterocycles. The molecule has 2 aromatic carbocycles. The highest BCUT2D eigenvalue weighted by molar-refractivity contribution is 5.70. The lowest BCUT2D eigenvalue weighted by molar-refractivity contribution is 0.111. The summed E-state index contributed by atoms with van der Waals surface area (Å²) in [6, 6.07) is 26.0. The summed E-state index contributed by atoms with van der Waals surface area (Å²) in [6.45, 7) is 7.23. The lowest BCUT2D eigenvalue weighted by Gasteiger charge is -2.37. The summed E-state index contributed by atoms with van der Waals surface area (Å²) < 4.78 is 1.92. The zero-order valence-corrected chi connectivity index (χ0v) is 19.8. The van der Waals surface area contributed by atoms with Crippen LogP contribution < -0.4 is 5.69 Å². The van der Waals surface area contributed by atoms with Crippen molar-refractivity contribution in [2.24, 2.45) is 0 Å². The zero-order chi connectivity index (χ0) is 23.3. The van der Waals surface area contributed by atoms with Crippen molar-refractivity contribution < 1.29 is 0 Å². The van der Waals surface area contributed by atoms with Gasteiger partial charge in [-0.3, -0.25) is 14.5 Å². The smallest absolute Gasteiger partial charge is 0.302 e. The van der Waals surface area contributed by atoms with E-state index in [-0.39, 0.29) is 11.7 Å². The summed E-state index contributed by atoms with van der Waals surface area (Å²) >= 11 is 0. The largest absolute Gasteiger partial charge is 0.327 e. The third-order valence-electron chi connectivity index (χ3n) is 7.02. The van der Waals surface area contributed by atoms with E-state index in [0.717, 1.165) is 51.1 Å². The highest BCUT2D eigenvalue weighted by Crippen LogP contribution is 2.25. The summed E-state index contributed by atoms with van der Waals surface area (Å²) in [5.74, 6) is 0. The van der Waals surface area contributed by atoms with Crippen LogP contribution >= 0.6 is 0 Å². The SMILES string of the molecule is C[C@@H](CN1CCC(n2c(=O)[nH]c3ncccc32)CC1)N(Cc1ccccc1)Cc1ccccc1. The Labute approximate surface area is 200 Å².